The third kappa shape index (κ3) is 7.83. The zero-order valence-electron chi connectivity index (χ0n) is 40.2. The second-order valence-electron chi connectivity index (χ2n) is 19.0. The number of fused-ring (bicyclic) bond motifs is 5. The Balaban J connectivity index is 0.960. The summed E-state index contributed by atoms with van der Waals surface area (Å²) >= 11 is 0. The maximum Gasteiger partial charge on any atom is 0.160 e. The highest BCUT2D eigenvalue weighted by atomic mass is 14.9. The Morgan fingerprint density at radius 2 is 0.662 bits per heavy atom. The summed E-state index contributed by atoms with van der Waals surface area (Å²) in [5.74, 6) is 0.642. The van der Waals surface area contributed by atoms with Gasteiger partial charge in [0, 0.05) is 44.0 Å². The molecular weight excluding hydrogens is 897 g/mol. The first-order valence-corrected chi connectivity index (χ1v) is 25.1. The molecule has 4 nitrogen and oxygen atoms in total. The van der Waals surface area contributed by atoms with E-state index < -0.39 is 0 Å². The van der Waals surface area contributed by atoms with Crippen molar-refractivity contribution in [3.8, 4) is 89.7 Å². The van der Waals surface area contributed by atoms with E-state index in [0.29, 0.717) is 5.82 Å². The maximum absolute atomic E-state index is 5.57. The Bertz CT molecular complexity index is 4450. The number of para-hydroxylation sites is 2. The van der Waals surface area contributed by atoms with Crippen molar-refractivity contribution < 1.29 is 0 Å². The molecule has 0 atom stereocenters. The number of pyridine rings is 2. The van der Waals surface area contributed by atoms with Gasteiger partial charge in [-0.15, -0.1) is 0 Å². The molecule has 0 unspecified atom stereocenters. The molecule has 0 N–H and O–H groups in total. The molecule has 0 radical (unpaired) electrons. The van der Waals surface area contributed by atoms with Crippen molar-refractivity contribution in [2.75, 3.05) is 0 Å². The summed E-state index contributed by atoms with van der Waals surface area (Å²) in [6, 6.07) is 94.8. The van der Waals surface area contributed by atoms with E-state index in [2.05, 4.69) is 267 Å². The van der Waals surface area contributed by atoms with Crippen molar-refractivity contribution in [1.82, 2.24) is 19.9 Å². The second-order valence-corrected chi connectivity index (χ2v) is 19.0. The van der Waals surface area contributed by atoms with E-state index >= 15 is 0 Å². The smallest absolute Gasteiger partial charge is 0.160 e. The van der Waals surface area contributed by atoms with Crippen molar-refractivity contribution in [2.24, 2.45) is 0 Å². The highest BCUT2D eigenvalue weighted by Gasteiger charge is 2.20. The maximum atomic E-state index is 5.57. The third-order valence-electron chi connectivity index (χ3n) is 14.4. The van der Waals surface area contributed by atoms with Crippen molar-refractivity contribution in [2.45, 2.75) is 0 Å². The molecule has 14 rings (SSSR count). The molecule has 3 aromatic heterocycles. The van der Waals surface area contributed by atoms with Crippen molar-refractivity contribution in [3.05, 3.63) is 267 Å². The van der Waals surface area contributed by atoms with Gasteiger partial charge in [0.2, 0.25) is 0 Å². The van der Waals surface area contributed by atoms with E-state index in [1.54, 1.807) is 0 Å². The van der Waals surface area contributed by atoms with Gasteiger partial charge in [0.1, 0.15) is 0 Å². The van der Waals surface area contributed by atoms with E-state index in [1.165, 1.54) is 21.5 Å². The van der Waals surface area contributed by atoms with Crippen LogP contribution in [-0.2, 0) is 0 Å². The summed E-state index contributed by atoms with van der Waals surface area (Å²) < 4.78 is 0. The summed E-state index contributed by atoms with van der Waals surface area (Å²) in [4.78, 5) is 21.5. The number of benzene rings is 11. The summed E-state index contributed by atoms with van der Waals surface area (Å²) in [7, 11) is 0. The second kappa shape index (κ2) is 18.1. The molecule has 14 aromatic rings. The van der Waals surface area contributed by atoms with Gasteiger partial charge in [0.05, 0.1) is 33.6 Å². The number of hydrogen-bond acceptors (Lipinski definition) is 4. The van der Waals surface area contributed by atoms with E-state index in [0.717, 1.165) is 117 Å². The molecule has 0 saturated heterocycles. The molecule has 0 spiro atoms. The standard InChI is InChI=1S/C70H44N4/c1-3-17-47(18-4-1)60-43-66(71-64-25-13-11-23-58(60)64)49-29-33-51(34-30-49)68-63-42-57(55-37-27-45-15-7-9-21-53(45)39-55)41-62(56-38-28-46-16-8-10-22-54(46)40-56)69(63)74-70(73-68)52-35-31-50(32-36-52)67-44-61(48-19-5-2-6-20-48)59-24-12-14-26-65(59)72-67/h1-44H. The van der Waals surface area contributed by atoms with E-state index in [4.69, 9.17) is 19.9 Å². The lowest BCUT2D eigenvalue weighted by molar-refractivity contribution is 1.23. The summed E-state index contributed by atoms with van der Waals surface area (Å²) in [6.07, 6.45) is 0. The van der Waals surface area contributed by atoms with Crippen LogP contribution in [0.3, 0.4) is 0 Å². The topological polar surface area (TPSA) is 51.6 Å². The zero-order valence-corrected chi connectivity index (χ0v) is 40.2. The molecular formula is C70H44N4. The lowest BCUT2D eigenvalue weighted by Crippen LogP contribution is -1.98. The fourth-order valence-corrected chi connectivity index (χ4v) is 10.6. The van der Waals surface area contributed by atoms with Gasteiger partial charge in [-0.25, -0.2) is 19.9 Å². The molecule has 0 saturated carbocycles. The van der Waals surface area contributed by atoms with Crippen LogP contribution in [0, 0.1) is 0 Å². The monoisotopic (exact) mass is 940 g/mol. The first-order valence-electron chi connectivity index (χ1n) is 25.1. The number of aromatic nitrogens is 4. The average molecular weight is 941 g/mol. The average Bonchev–Trinajstić information content (AvgIpc) is 3.48. The molecule has 0 aliphatic rings. The predicted octanol–water partition coefficient (Wildman–Crippen LogP) is 18.4. The van der Waals surface area contributed by atoms with Gasteiger partial charge in [-0.05, 0) is 109 Å². The van der Waals surface area contributed by atoms with Crippen LogP contribution in [0.15, 0.2) is 267 Å². The Labute approximate surface area is 428 Å². The molecule has 74 heavy (non-hydrogen) atoms. The van der Waals surface area contributed by atoms with Crippen LogP contribution in [-0.4, -0.2) is 19.9 Å². The predicted molar refractivity (Wildman–Crippen MR) is 309 cm³/mol. The van der Waals surface area contributed by atoms with Gasteiger partial charge in [0.15, 0.2) is 5.82 Å². The summed E-state index contributed by atoms with van der Waals surface area (Å²) in [5, 5.41) is 7.98. The van der Waals surface area contributed by atoms with Crippen molar-refractivity contribution in [1.29, 1.82) is 0 Å². The minimum Gasteiger partial charge on any atom is -0.248 e. The van der Waals surface area contributed by atoms with Crippen molar-refractivity contribution in [3.63, 3.8) is 0 Å². The Morgan fingerprint density at radius 1 is 0.216 bits per heavy atom. The first kappa shape index (κ1) is 42.9. The zero-order chi connectivity index (χ0) is 49.0. The van der Waals surface area contributed by atoms with Gasteiger partial charge in [-0.2, -0.15) is 0 Å². The van der Waals surface area contributed by atoms with Crippen LogP contribution >= 0.6 is 0 Å². The fraction of sp³-hybridized carbons (Fsp3) is 0. The number of nitrogens with zero attached hydrogens (tertiary/aromatic N) is 4. The fourth-order valence-electron chi connectivity index (χ4n) is 10.6. The van der Waals surface area contributed by atoms with E-state index in [-0.39, 0.29) is 0 Å². The van der Waals surface area contributed by atoms with Crippen LogP contribution in [0.25, 0.3) is 144 Å². The summed E-state index contributed by atoms with van der Waals surface area (Å²) in [6.45, 7) is 0. The Kier molecular flexibility index (Phi) is 10.5. The molecule has 0 fully saturated rings. The van der Waals surface area contributed by atoms with Gasteiger partial charge >= 0.3 is 0 Å². The molecule has 0 bridgehead atoms. The van der Waals surface area contributed by atoms with Gasteiger partial charge in [-0.3, -0.25) is 0 Å². The minimum atomic E-state index is 0.642. The third-order valence-corrected chi connectivity index (χ3v) is 14.4. The quantitative estimate of drug-likeness (QED) is 0.152. The normalized spacial score (nSPS) is 11.5. The van der Waals surface area contributed by atoms with Crippen LogP contribution in [0.4, 0.5) is 0 Å². The van der Waals surface area contributed by atoms with Crippen LogP contribution in [0.2, 0.25) is 0 Å². The number of hydrogen-bond donors (Lipinski definition) is 0. The SMILES string of the molecule is c1ccc(-c2cc(-c3ccc(-c4nc(-c5ccc(-c6cc(-c7ccccc7)c7ccccc7n6)cc5)c5cc(-c6ccc7ccccc7c6)cc(-c6ccc7ccccc7c6)c5n4)cc3)nc3ccccc23)cc1. The van der Waals surface area contributed by atoms with Crippen molar-refractivity contribution >= 4 is 54.3 Å². The van der Waals surface area contributed by atoms with Gasteiger partial charge in [0.25, 0.3) is 0 Å². The lowest BCUT2D eigenvalue weighted by atomic mass is 9.91. The highest BCUT2D eigenvalue weighted by Crippen LogP contribution is 2.41. The highest BCUT2D eigenvalue weighted by molar-refractivity contribution is 6.06. The van der Waals surface area contributed by atoms with E-state index in [1.807, 2.05) is 0 Å². The molecule has 3 heterocycles. The molecule has 344 valence electrons. The van der Waals surface area contributed by atoms with E-state index in [9.17, 15) is 0 Å². The lowest BCUT2D eigenvalue weighted by Gasteiger charge is -2.16. The molecule has 0 aliphatic heterocycles. The molecule has 4 heteroatoms. The van der Waals surface area contributed by atoms with Crippen LogP contribution in [0.1, 0.15) is 0 Å². The largest absolute Gasteiger partial charge is 0.248 e. The van der Waals surface area contributed by atoms with Crippen LogP contribution in [0.5, 0.6) is 0 Å². The van der Waals surface area contributed by atoms with Gasteiger partial charge in [-0.1, -0.05) is 218 Å². The molecule has 0 aliphatic carbocycles. The van der Waals surface area contributed by atoms with Gasteiger partial charge < -0.3 is 0 Å². The molecule has 0 amide bonds. The Hall–Kier alpha value is -9.90. The minimum absolute atomic E-state index is 0.642. The summed E-state index contributed by atoms with van der Waals surface area (Å²) in [5.41, 5.74) is 18.4. The molecule has 11 aromatic carbocycles. The first-order chi connectivity index (χ1) is 36.6. The Morgan fingerprint density at radius 3 is 1.23 bits per heavy atom. The number of rotatable bonds is 8. The van der Waals surface area contributed by atoms with Crippen LogP contribution < -0.4 is 0 Å².